The normalized spacial score (nSPS) is 10.8. The number of rotatable bonds is 7. The summed E-state index contributed by atoms with van der Waals surface area (Å²) in [5.74, 6) is 0.0694. The van der Waals surface area contributed by atoms with Crippen molar-refractivity contribution >= 4 is 5.97 Å². The summed E-state index contributed by atoms with van der Waals surface area (Å²) in [6, 6.07) is 9.61. The molecule has 0 amide bonds. The van der Waals surface area contributed by atoms with E-state index in [1.807, 2.05) is 30.3 Å². The zero-order chi connectivity index (χ0) is 16.1. The topological polar surface area (TPSA) is 124 Å². The van der Waals surface area contributed by atoms with Gasteiger partial charge in [0.25, 0.3) is 0 Å². The summed E-state index contributed by atoms with van der Waals surface area (Å²) in [5, 5.41) is 32.4. The molecule has 0 aliphatic heterocycles. The van der Waals surface area contributed by atoms with Crippen molar-refractivity contribution in [2.24, 2.45) is 0 Å². The Morgan fingerprint density at radius 3 is 2.61 bits per heavy atom. The Balaban J connectivity index is 1.52. The molecule has 0 aliphatic carbocycles. The Labute approximate surface area is 130 Å². The number of hydrogen-bond acceptors (Lipinski definition) is 7. The first kappa shape index (κ1) is 14.8. The minimum absolute atomic E-state index is 0.294. The van der Waals surface area contributed by atoms with E-state index in [-0.39, 0.29) is 6.54 Å². The molecule has 1 aromatic carbocycles. The van der Waals surface area contributed by atoms with E-state index in [1.165, 1.54) is 4.80 Å². The molecule has 0 bridgehead atoms. The van der Waals surface area contributed by atoms with Crippen LogP contribution in [0.15, 0.2) is 30.3 Å². The Bertz CT molecular complexity index is 782. The minimum Gasteiger partial charge on any atom is -0.480 e. The average molecular weight is 314 g/mol. The summed E-state index contributed by atoms with van der Waals surface area (Å²) in [6.07, 6.45) is 1.26. The second-order valence-corrected chi connectivity index (χ2v) is 4.81. The van der Waals surface area contributed by atoms with Crippen LogP contribution < -0.4 is 0 Å². The van der Waals surface area contributed by atoms with Crippen LogP contribution in [0.2, 0.25) is 0 Å². The summed E-state index contributed by atoms with van der Waals surface area (Å²) >= 11 is 0. The van der Waals surface area contributed by atoms with E-state index in [4.69, 9.17) is 5.11 Å². The van der Waals surface area contributed by atoms with Gasteiger partial charge >= 0.3 is 5.97 Å². The molecule has 2 aromatic heterocycles. The maximum atomic E-state index is 10.5. The molecule has 1 N–H and O–H groups in total. The first-order chi connectivity index (χ1) is 11.2. The molecule has 0 unspecified atom stereocenters. The molecular formula is C13H14N8O2. The van der Waals surface area contributed by atoms with Crippen LogP contribution in [0.25, 0.3) is 11.4 Å². The van der Waals surface area contributed by atoms with Gasteiger partial charge < -0.3 is 5.11 Å². The van der Waals surface area contributed by atoms with Crippen LogP contribution in [-0.4, -0.2) is 51.5 Å². The van der Waals surface area contributed by atoms with E-state index >= 15 is 0 Å². The van der Waals surface area contributed by atoms with Gasteiger partial charge in [0, 0.05) is 12.0 Å². The summed E-state index contributed by atoms with van der Waals surface area (Å²) < 4.78 is 0. The molecule has 0 fully saturated rings. The van der Waals surface area contributed by atoms with Crippen molar-refractivity contribution in [1.82, 2.24) is 40.4 Å². The lowest BCUT2D eigenvalue weighted by molar-refractivity contribution is -0.138. The zero-order valence-corrected chi connectivity index (χ0v) is 12.1. The van der Waals surface area contributed by atoms with Crippen molar-refractivity contribution in [1.29, 1.82) is 0 Å². The molecule has 0 spiro atoms. The van der Waals surface area contributed by atoms with E-state index in [0.29, 0.717) is 31.0 Å². The summed E-state index contributed by atoms with van der Waals surface area (Å²) in [6.45, 7) is 0.269. The summed E-state index contributed by atoms with van der Waals surface area (Å²) in [4.78, 5) is 13.1. The third-order valence-corrected chi connectivity index (χ3v) is 3.01. The summed E-state index contributed by atoms with van der Waals surface area (Å²) in [7, 11) is 0. The van der Waals surface area contributed by atoms with E-state index in [2.05, 4.69) is 30.8 Å². The van der Waals surface area contributed by atoms with Crippen LogP contribution in [0.1, 0.15) is 12.2 Å². The van der Waals surface area contributed by atoms with Crippen molar-refractivity contribution in [3.05, 3.63) is 36.2 Å². The summed E-state index contributed by atoms with van der Waals surface area (Å²) in [5.41, 5.74) is 0.914. The van der Waals surface area contributed by atoms with Gasteiger partial charge in [0.15, 0.2) is 12.4 Å². The third kappa shape index (κ3) is 3.93. The lowest BCUT2D eigenvalue weighted by atomic mass is 10.2. The van der Waals surface area contributed by atoms with Crippen LogP contribution in [0.3, 0.4) is 0 Å². The number of tetrazole rings is 2. The standard InChI is InChI=1S/C13H14N8O2/c22-12(23)9-21-16-11(14-18-21)7-4-8-20-17-13(15-19-20)10-5-2-1-3-6-10/h1-3,5-6H,4,7-9H2,(H,22,23). The smallest absolute Gasteiger partial charge is 0.327 e. The van der Waals surface area contributed by atoms with E-state index in [9.17, 15) is 4.79 Å². The fourth-order valence-corrected chi connectivity index (χ4v) is 1.98. The van der Waals surface area contributed by atoms with Crippen LogP contribution >= 0.6 is 0 Å². The van der Waals surface area contributed by atoms with Crippen molar-refractivity contribution in [2.75, 3.05) is 0 Å². The van der Waals surface area contributed by atoms with Crippen molar-refractivity contribution in [2.45, 2.75) is 25.9 Å². The largest absolute Gasteiger partial charge is 0.480 e. The second kappa shape index (κ2) is 6.73. The van der Waals surface area contributed by atoms with Gasteiger partial charge in [-0.3, -0.25) is 4.79 Å². The number of aromatic nitrogens is 8. The molecule has 0 saturated heterocycles. The highest BCUT2D eigenvalue weighted by Gasteiger charge is 2.08. The number of aliphatic carboxylic acids is 1. The average Bonchev–Trinajstić information content (AvgIpc) is 3.18. The molecule has 3 aromatic rings. The van der Waals surface area contributed by atoms with Gasteiger partial charge in [0.2, 0.25) is 5.82 Å². The highest BCUT2D eigenvalue weighted by atomic mass is 16.4. The van der Waals surface area contributed by atoms with Gasteiger partial charge in [-0.25, -0.2) is 0 Å². The predicted octanol–water partition coefficient (Wildman–Crippen LogP) is 0.0440. The van der Waals surface area contributed by atoms with Crippen LogP contribution in [0.4, 0.5) is 0 Å². The molecule has 23 heavy (non-hydrogen) atoms. The van der Waals surface area contributed by atoms with E-state index < -0.39 is 5.97 Å². The van der Waals surface area contributed by atoms with Gasteiger partial charge in [0.05, 0.1) is 6.54 Å². The quantitative estimate of drug-likeness (QED) is 0.648. The zero-order valence-electron chi connectivity index (χ0n) is 12.1. The Kier molecular flexibility index (Phi) is 4.32. The van der Waals surface area contributed by atoms with Crippen molar-refractivity contribution in [3.63, 3.8) is 0 Å². The van der Waals surface area contributed by atoms with E-state index in [1.54, 1.807) is 0 Å². The van der Waals surface area contributed by atoms with Crippen molar-refractivity contribution < 1.29 is 9.90 Å². The van der Waals surface area contributed by atoms with Gasteiger partial charge in [-0.1, -0.05) is 30.3 Å². The van der Waals surface area contributed by atoms with Crippen LogP contribution in [0, 0.1) is 0 Å². The Morgan fingerprint density at radius 1 is 1.04 bits per heavy atom. The number of carbonyl (C=O) groups is 1. The third-order valence-electron chi connectivity index (χ3n) is 3.01. The molecule has 3 rings (SSSR count). The van der Waals surface area contributed by atoms with Gasteiger partial charge in [0.1, 0.15) is 0 Å². The monoisotopic (exact) mass is 314 g/mol. The van der Waals surface area contributed by atoms with Gasteiger partial charge in [-0.2, -0.15) is 9.59 Å². The minimum atomic E-state index is -1.01. The fraction of sp³-hybridized carbons (Fsp3) is 0.308. The second-order valence-electron chi connectivity index (χ2n) is 4.81. The molecule has 10 heteroatoms. The molecule has 0 aliphatic rings. The first-order valence-corrected chi connectivity index (χ1v) is 7.02. The molecule has 118 valence electrons. The van der Waals surface area contributed by atoms with Gasteiger partial charge in [-0.15, -0.1) is 20.4 Å². The highest BCUT2D eigenvalue weighted by molar-refractivity contribution is 5.66. The Morgan fingerprint density at radius 2 is 1.83 bits per heavy atom. The van der Waals surface area contributed by atoms with Crippen molar-refractivity contribution in [3.8, 4) is 11.4 Å². The maximum absolute atomic E-state index is 10.5. The molecule has 10 nitrogen and oxygen atoms in total. The Hall–Kier alpha value is -3.17. The molecular weight excluding hydrogens is 300 g/mol. The number of nitrogens with zero attached hydrogens (tertiary/aromatic N) is 8. The molecule has 2 heterocycles. The fourth-order valence-electron chi connectivity index (χ4n) is 1.98. The van der Waals surface area contributed by atoms with Gasteiger partial charge in [-0.05, 0) is 16.8 Å². The SMILES string of the molecule is O=C(O)Cn1nnc(CCCn2nnc(-c3ccccc3)n2)n1. The number of carboxylic acid groups (broad SMARTS) is 1. The molecule has 0 radical (unpaired) electrons. The molecule has 0 atom stereocenters. The number of hydrogen-bond donors (Lipinski definition) is 1. The maximum Gasteiger partial charge on any atom is 0.327 e. The number of aryl methyl sites for hydroxylation is 2. The lowest BCUT2D eigenvalue weighted by Crippen LogP contribution is -2.11. The lowest BCUT2D eigenvalue weighted by Gasteiger charge is -1.96. The number of carboxylic acids is 1. The predicted molar refractivity (Wildman–Crippen MR) is 77.0 cm³/mol. The van der Waals surface area contributed by atoms with Crippen LogP contribution in [0.5, 0.6) is 0 Å². The first-order valence-electron chi connectivity index (χ1n) is 7.02. The van der Waals surface area contributed by atoms with Crippen LogP contribution in [-0.2, 0) is 24.3 Å². The number of benzene rings is 1. The molecule has 0 saturated carbocycles. The van der Waals surface area contributed by atoms with E-state index in [0.717, 1.165) is 10.4 Å². The highest BCUT2D eigenvalue weighted by Crippen LogP contribution is 2.11.